The van der Waals surface area contributed by atoms with E-state index in [0.29, 0.717) is 16.5 Å². The summed E-state index contributed by atoms with van der Waals surface area (Å²) in [6.45, 7) is 0.734. The van der Waals surface area contributed by atoms with E-state index >= 15 is 0 Å². The first-order valence-electron chi connectivity index (χ1n) is 9.18. The Labute approximate surface area is 178 Å². The quantitative estimate of drug-likeness (QED) is 0.555. The minimum absolute atomic E-state index is 0.211. The number of fused-ring (bicyclic) bond motifs is 1. The Kier molecular flexibility index (Phi) is 5.79. The van der Waals surface area contributed by atoms with Gasteiger partial charge >= 0.3 is 0 Å². The molecular weight excluding hydrogens is 404 g/mol. The van der Waals surface area contributed by atoms with E-state index in [0.717, 1.165) is 34.7 Å². The molecule has 4 rings (SSSR count). The van der Waals surface area contributed by atoms with Gasteiger partial charge < -0.3 is 10.1 Å². The maximum absolute atomic E-state index is 12.3. The van der Waals surface area contributed by atoms with Crippen molar-refractivity contribution in [3.8, 4) is 5.75 Å². The molecule has 0 unspecified atom stereocenters. The van der Waals surface area contributed by atoms with Gasteiger partial charge in [0.25, 0.3) is 0 Å². The lowest BCUT2D eigenvalue weighted by atomic mass is 9.93. The molecule has 2 aromatic carbocycles. The van der Waals surface area contributed by atoms with Gasteiger partial charge in [0.15, 0.2) is 0 Å². The van der Waals surface area contributed by atoms with Crippen LogP contribution in [0.15, 0.2) is 65.0 Å². The summed E-state index contributed by atoms with van der Waals surface area (Å²) in [5.41, 5.74) is 4.70. The van der Waals surface area contributed by atoms with Gasteiger partial charge in [0.05, 0.1) is 18.5 Å². The number of ether oxygens (including phenoxy) is 1. The van der Waals surface area contributed by atoms with Crippen molar-refractivity contribution in [2.24, 2.45) is 4.99 Å². The minimum atomic E-state index is -0.211. The number of benzene rings is 2. The van der Waals surface area contributed by atoms with Crippen molar-refractivity contribution in [1.29, 1.82) is 0 Å². The second-order valence-corrected chi connectivity index (χ2v) is 7.95. The highest BCUT2D eigenvalue weighted by atomic mass is 35.5. The Balaban J connectivity index is 1.58. The van der Waals surface area contributed by atoms with Crippen molar-refractivity contribution in [3.63, 3.8) is 0 Å². The number of methoxy groups -OCH3 is 1. The van der Waals surface area contributed by atoms with Crippen LogP contribution in [0, 0.1) is 0 Å². The van der Waals surface area contributed by atoms with Crippen LogP contribution >= 0.6 is 22.9 Å². The molecule has 0 atom stereocenters. The third kappa shape index (κ3) is 4.42. The van der Waals surface area contributed by atoms with Crippen LogP contribution in [0.2, 0.25) is 5.02 Å². The molecule has 146 valence electrons. The van der Waals surface area contributed by atoms with Crippen LogP contribution in [0.1, 0.15) is 21.6 Å². The average molecular weight is 423 g/mol. The minimum Gasteiger partial charge on any atom is -0.495 e. The molecule has 0 spiro atoms. The number of hydrogen-bond acceptors (Lipinski definition) is 4. The monoisotopic (exact) mass is 422 g/mol. The van der Waals surface area contributed by atoms with Gasteiger partial charge in [0.1, 0.15) is 5.75 Å². The lowest BCUT2D eigenvalue weighted by molar-refractivity contribution is -0.111. The van der Waals surface area contributed by atoms with E-state index < -0.39 is 0 Å². The first-order chi connectivity index (χ1) is 14.1. The van der Waals surface area contributed by atoms with E-state index in [1.54, 1.807) is 24.5 Å². The number of anilines is 1. The summed E-state index contributed by atoms with van der Waals surface area (Å²) in [5, 5.41) is 5.53. The Morgan fingerprint density at radius 1 is 1.24 bits per heavy atom. The molecule has 29 heavy (non-hydrogen) atoms. The normalized spacial score (nSPS) is 13.1. The zero-order valence-corrected chi connectivity index (χ0v) is 17.4. The summed E-state index contributed by atoms with van der Waals surface area (Å²) in [6.07, 6.45) is 4.21. The summed E-state index contributed by atoms with van der Waals surface area (Å²) >= 11 is 7.78. The number of carbonyl (C=O) groups is 1. The van der Waals surface area contributed by atoms with Crippen LogP contribution in [0.5, 0.6) is 5.75 Å². The molecule has 1 aromatic heterocycles. The summed E-state index contributed by atoms with van der Waals surface area (Å²) in [4.78, 5) is 18.0. The molecule has 0 fully saturated rings. The molecule has 0 radical (unpaired) electrons. The second kappa shape index (κ2) is 8.64. The van der Waals surface area contributed by atoms with Gasteiger partial charge in [0, 0.05) is 33.6 Å². The Morgan fingerprint density at radius 3 is 2.93 bits per heavy atom. The van der Waals surface area contributed by atoms with E-state index in [1.165, 1.54) is 11.6 Å². The standard InChI is InChI=1S/C23H19ClN2O2S/c1-28-21-13-16(23-19-14-17(24)6-4-15(19)10-11-25-23)5-8-20(21)26-22(27)9-7-18-3-2-12-29-18/h2-9,12-14H,10-11H2,1H3,(H,26,27)/b9-7+. The molecule has 0 saturated carbocycles. The van der Waals surface area contributed by atoms with Gasteiger partial charge in [-0.25, -0.2) is 0 Å². The molecule has 2 heterocycles. The summed E-state index contributed by atoms with van der Waals surface area (Å²) in [6, 6.07) is 15.5. The largest absolute Gasteiger partial charge is 0.495 e. The first kappa shape index (κ1) is 19.4. The molecule has 1 N–H and O–H groups in total. The molecule has 6 heteroatoms. The molecule has 0 bridgehead atoms. The molecular formula is C23H19ClN2O2S. The van der Waals surface area contributed by atoms with E-state index in [9.17, 15) is 4.79 Å². The fraction of sp³-hybridized carbons (Fsp3) is 0.130. The lowest BCUT2D eigenvalue weighted by Gasteiger charge is -2.19. The van der Waals surface area contributed by atoms with Gasteiger partial charge in [0.2, 0.25) is 5.91 Å². The van der Waals surface area contributed by atoms with Crippen molar-refractivity contribution >= 4 is 46.3 Å². The highest BCUT2D eigenvalue weighted by Crippen LogP contribution is 2.30. The Morgan fingerprint density at radius 2 is 2.14 bits per heavy atom. The summed E-state index contributed by atoms with van der Waals surface area (Å²) in [7, 11) is 1.59. The number of halogens is 1. The predicted octanol–water partition coefficient (Wildman–Crippen LogP) is 5.46. The SMILES string of the molecule is COc1cc(C2=NCCc3ccc(Cl)cc32)ccc1NC(=O)/C=C/c1cccs1. The third-order valence-corrected chi connectivity index (χ3v) is 5.73. The first-order valence-corrected chi connectivity index (χ1v) is 10.4. The number of amides is 1. The van der Waals surface area contributed by atoms with Gasteiger partial charge in [-0.3, -0.25) is 9.79 Å². The summed E-state index contributed by atoms with van der Waals surface area (Å²) in [5.74, 6) is 0.369. The smallest absolute Gasteiger partial charge is 0.248 e. The zero-order valence-electron chi connectivity index (χ0n) is 15.8. The average Bonchev–Trinajstić information content (AvgIpc) is 3.26. The lowest BCUT2D eigenvalue weighted by Crippen LogP contribution is -2.15. The molecule has 0 saturated heterocycles. The van der Waals surface area contributed by atoms with Crippen LogP contribution < -0.4 is 10.1 Å². The molecule has 1 aliphatic heterocycles. The molecule has 1 amide bonds. The number of thiophene rings is 1. The second-order valence-electron chi connectivity index (χ2n) is 6.53. The van der Waals surface area contributed by atoms with Crippen LogP contribution in [0.3, 0.4) is 0 Å². The van der Waals surface area contributed by atoms with Gasteiger partial charge in [-0.05, 0) is 53.8 Å². The fourth-order valence-electron chi connectivity index (χ4n) is 3.27. The topological polar surface area (TPSA) is 50.7 Å². The van der Waals surface area contributed by atoms with Gasteiger partial charge in [-0.1, -0.05) is 29.8 Å². The van der Waals surface area contributed by atoms with Crippen LogP contribution in [0.4, 0.5) is 5.69 Å². The van der Waals surface area contributed by atoms with Crippen molar-refractivity contribution in [3.05, 3.63) is 86.6 Å². The van der Waals surface area contributed by atoms with E-state index in [1.807, 2.05) is 47.8 Å². The Hall–Kier alpha value is -2.89. The molecule has 1 aliphatic rings. The zero-order chi connectivity index (χ0) is 20.2. The van der Waals surface area contributed by atoms with Gasteiger partial charge in [-0.2, -0.15) is 0 Å². The maximum atomic E-state index is 12.3. The number of rotatable bonds is 5. The number of nitrogens with zero attached hydrogens (tertiary/aromatic N) is 1. The highest BCUT2D eigenvalue weighted by Gasteiger charge is 2.18. The van der Waals surface area contributed by atoms with E-state index in [4.69, 9.17) is 21.3 Å². The summed E-state index contributed by atoms with van der Waals surface area (Å²) < 4.78 is 5.52. The number of nitrogens with one attached hydrogen (secondary N) is 1. The van der Waals surface area contributed by atoms with Crippen molar-refractivity contribution in [1.82, 2.24) is 0 Å². The maximum Gasteiger partial charge on any atom is 0.248 e. The van der Waals surface area contributed by atoms with E-state index in [2.05, 4.69) is 11.4 Å². The molecule has 4 nitrogen and oxygen atoms in total. The predicted molar refractivity (Wildman–Crippen MR) is 121 cm³/mol. The van der Waals surface area contributed by atoms with Crippen molar-refractivity contribution < 1.29 is 9.53 Å². The molecule has 0 aliphatic carbocycles. The van der Waals surface area contributed by atoms with Crippen LogP contribution in [-0.4, -0.2) is 25.3 Å². The van der Waals surface area contributed by atoms with Crippen molar-refractivity contribution in [2.75, 3.05) is 19.0 Å². The number of carbonyl (C=O) groups excluding carboxylic acids is 1. The fourth-order valence-corrected chi connectivity index (χ4v) is 4.06. The molecule has 3 aromatic rings. The Bertz CT molecular complexity index is 1100. The van der Waals surface area contributed by atoms with Crippen molar-refractivity contribution in [2.45, 2.75) is 6.42 Å². The third-order valence-electron chi connectivity index (χ3n) is 4.65. The number of aliphatic imine (C=N–C) groups is 1. The highest BCUT2D eigenvalue weighted by molar-refractivity contribution is 7.10. The van der Waals surface area contributed by atoms with Gasteiger partial charge in [-0.15, -0.1) is 11.3 Å². The van der Waals surface area contributed by atoms with Crippen LogP contribution in [-0.2, 0) is 11.2 Å². The van der Waals surface area contributed by atoms with Crippen LogP contribution in [0.25, 0.3) is 6.08 Å². The number of hydrogen-bond donors (Lipinski definition) is 1. The van der Waals surface area contributed by atoms with E-state index in [-0.39, 0.29) is 5.91 Å².